The summed E-state index contributed by atoms with van der Waals surface area (Å²) in [5.74, 6) is 0.142. The lowest BCUT2D eigenvalue weighted by Crippen LogP contribution is -2.49. The van der Waals surface area contributed by atoms with Crippen LogP contribution in [0.2, 0.25) is 0 Å². The molecule has 0 radical (unpaired) electrons. The van der Waals surface area contributed by atoms with E-state index in [0.717, 1.165) is 26.2 Å². The van der Waals surface area contributed by atoms with Crippen molar-refractivity contribution in [2.45, 2.75) is 0 Å². The van der Waals surface area contributed by atoms with Crippen LogP contribution in [-0.4, -0.2) is 74.0 Å². The van der Waals surface area contributed by atoms with E-state index in [4.69, 9.17) is 5.26 Å². The molecule has 1 saturated heterocycles. The molecule has 0 aromatic rings. The van der Waals surface area contributed by atoms with Crippen LogP contribution in [0.5, 0.6) is 0 Å². The average Bonchev–Trinajstić information content (AvgIpc) is 2.21. The summed E-state index contributed by atoms with van der Waals surface area (Å²) in [5.41, 5.74) is 0. The SMILES string of the molecule is CN(C)C(=O)CN1CCN(CC#N)CC1. The second kappa shape index (κ2) is 5.69. The Hall–Kier alpha value is -1.12. The van der Waals surface area contributed by atoms with E-state index in [0.29, 0.717) is 13.1 Å². The molecule has 84 valence electrons. The van der Waals surface area contributed by atoms with E-state index >= 15 is 0 Å². The number of nitriles is 1. The van der Waals surface area contributed by atoms with Crippen LogP contribution in [0.4, 0.5) is 0 Å². The van der Waals surface area contributed by atoms with Gasteiger partial charge in [-0.15, -0.1) is 0 Å². The molecule has 0 bridgehead atoms. The van der Waals surface area contributed by atoms with Crippen LogP contribution in [0.1, 0.15) is 0 Å². The number of likely N-dealkylation sites (N-methyl/N-ethyl adjacent to an activating group) is 1. The third-order valence-corrected chi connectivity index (χ3v) is 2.62. The van der Waals surface area contributed by atoms with Crippen molar-refractivity contribution in [3.8, 4) is 6.07 Å². The van der Waals surface area contributed by atoms with Crippen LogP contribution in [0, 0.1) is 11.3 Å². The molecule has 0 saturated carbocycles. The van der Waals surface area contributed by atoms with Gasteiger partial charge in [0.05, 0.1) is 19.2 Å². The summed E-state index contributed by atoms with van der Waals surface area (Å²) in [7, 11) is 3.54. The fourth-order valence-corrected chi connectivity index (χ4v) is 1.54. The van der Waals surface area contributed by atoms with Crippen molar-refractivity contribution in [1.82, 2.24) is 14.7 Å². The summed E-state index contributed by atoms with van der Waals surface area (Å²) in [6, 6.07) is 2.14. The lowest BCUT2D eigenvalue weighted by molar-refractivity contribution is -0.130. The second-order valence-corrected chi connectivity index (χ2v) is 4.00. The molecular formula is C10H18N4O. The lowest BCUT2D eigenvalue weighted by atomic mass is 10.3. The van der Waals surface area contributed by atoms with Gasteiger partial charge in [-0.1, -0.05) is 0 Å². The molecule has 15 heavy (non-hydrogen) atoms. The molecule has 0 aromatic heterocycles. The Labute approximate surface area is 90.9 Å². The molecule has 0 aromatic carbocycles. The van der Waals surface area contributed by atoms with Gasteiger partial charge in [0.2, 0.25) is 5.91 Å². The maximum absolute atomic E-state index is 11.4. The summed E-state index contributed by atoms with van der Waals surface area (Å²) < 4.78 is 0. The number of hydrogen-bond acceptors (Lipinski definition) is 4. The molecule has 0 spiro atoms. The maximum atomic E-state index is 11.4. The van der Waals surface area contributed by atoms with Gasteiger partial charge >= 0.3 is 0 Å². The van der Waals surface area contributed by atoms with E-state index in [1.165, 1.54) is 0 Å². The van der Waals surface area contributed by atoms with E-state index in [9.17, 15) is 4.79 Å². The zero-order valence-electron chi connectivity index (χ0n) is 9.44. The van der Waals surface area contributed by atoms with Gasteiger partial charge in [-0.05, 0) is 0 Å². The summed E-state index contributed by atoms with van der Waals surface area (Å²) >= 11 is 0. The highest BCUT2D eigenvalue weighted by molar-refractivity contribution is 5.77. The van der Waals surface area contributed by atoms with Gasteiger partial charge in [-0.2, -0.15) is 5.26 Å². The largest absolute Gasteiger partial charge is 0.348 e. The molecule has 1 amide bonds. The summed E-state index contributed by atoms with van der Waals surface area (Å²) in [4.78, 5) is 17.3. The van der Waals surface area contributed by atoms with Crippen molar-refractivity contribution in [2.75, 3.05) is 53.4 Å². The highest BCUT2D eigenvalue weighted by Gasteiger charge is 2.18. The Kier molecular flexibility index (Phi) is 4.53. The van der Waals surface area contributed by atoms with Crippen LogP contribution >= 0.6 is 0 Å². The first kappa shape index (κ1) is 12.0. The number of amides is 1. The van der Waals surface area contributed by atoms with Crippen LogP contribution in [0.3, 0.4) is 0 Å². The van der Waals surface area contributed by atoms with Crippen molar-refractivity contribution in [3.63, 3.8) is 0 Å². The van der Waals surface area contributed by atoms with Crippen molar-refractivity contribution in [2.24, 2.45) is 0 Å². The summed E-state index contributed by atoms with van der Waals surface area (Å²) in [6.07, 6.45) is 0. The number of nitrogens with zero attached hydrogens (tertiary/aromatic N) is 4. The van der Waals surface area contributed by atoms with Crippen molar-refractivity contribution < 1.29 is 4.79 Å². The third-order valence-electron chi connectivity index (χ3n) is 2.62. The molecule has 1 heterocycles. The first-order valence-corrected chi connectivity index (χ1v) is 5.15. The van der Waals surface area contributed by atoms with E-state index in [1.807, 2.05) is 0 Å². The Morgan fingerprint density at radius 3 is 2.27 bits per heavy atom. The molecule has 0 unspecified atom stereocenters. The Balaban J connectivity index is 2.26. The second-order valence-electron chi connectivity index (χ2n) is 4.00. The molecular weight excluding hydrogens is 192 g/mol. The highest BCUT2D eigenvalue weighted by atomic mass is 16.2. The summed E-state index contributed by atoms with van der Waals surface area (Å²) in [5, 5.41) is 8.54. The molecule has 0 atom stereocenters. The predicted molar refractivity (Wildman–Crippen MR) is 57.2 cm³/mol. The smallest absolute Gasteiger partial charge is 0.236 e. The van der Waals surface area contributed by atoms with E-state index in [2.05, 4.69) is 15.9 Å². The van der Waals surface area contributed by atoms with Gasteiger partial charge in [0.25, 0.3) is 0 Å². The van der Waals surface area contributed by atoms with E-state index < -0.39 is 0 Å². The minimum Gasteiger partial charge on any atom is -0.348 e. The predicted octanol–water partition coefficient (Wildman–Crippen LogP) is -0.784. The molecule has 1 aliphatic heterocycles. The number of hydrogen-bond donors (Lipinski definition) is 0. The molecule has 0 aliphatic carbocycles. The highest BCUT2D eigenvalue weighted by Crippen LogP contribution is 2.01. The van der Waals surface area contributed by atoms with Crippen molar-refractivity contribution in [3.05, 3.63) is 0 Å². The Bertz CT molecular complexity index is 251. The van der Waals surface area contributed by atoms with Gasteiger partial charge in [0.15, 0.2) is 0 Å². The zero-order valence-corrected chi connectivity index (χ0v) is 9.44. The zero-order chi connectivity index (χ0) is 11.3. The van der Waals surface area contributed by atoms with Gasteiger partial charge < -0.3 is 4.90 Å². The molecule has 5 nitrogen and oxygen atoms in total. The Morgan fingerprint density at radius 1 is 1.27 bits per heavy atom. The standard InChI is InChI=1S/C10H18N4O/c1-12(2)10(15)9-14-7-5-13(4-3-11)6-8-14/h4-9H2,1-2H3. The molecule has 0 N–H and O–H groups in total. The molecule has 1 fully saturated rings. The summed E-state index contributed by atoms with van der Waals surface area (Å²) in [6.45, 7) is 4.51. The number of piperazine rings is 1. The molecule has 1 rings (SSSR count). The van der Waals surface area contributed by atoms with Crippen LogP contribution in [0.25, 0.3) is 0 Å². The monoisotopic (exact) mass is 210 g/mol. The van der Waals surface area contributed by atoms with Crippen molar-refractivity contribution in [1.29, 1.82) is 5.26 Å². The van der Waals surface area contributed by atoms with Crippen molar-refractivity contribution >= 4 is 5.91 Å². The minimum atomic E-state index is 0.142. The van der Waals surface area contributed by atoms with Crippen LogP contribution in [-0.2, 0) is 4.79 Å². The molecule has 5 heteroatoms. The third kappa shape index (κ3) is 3.86. The quantitative estimate of drug-likeness (QED) is 0.573. The van der Waals surface area contributed by atoms with Crippen LogP contribution < -0.4 is 0 Å². The van der Waals surface area contributed by atoms with E-state index in [1.54, 1.807) is 19.0 Å². The van der Waals surface area contributed by atoms with Crippen LogP contribution in [0.15, 0.2) is 0 Å². The van der Waals surface area contributed by atoms with Gasteiger partial charge in [-0.25, -0.2) is 0 Å². The number of carbonyl (C=O) groups excluding carboxylic acids is 1. The normalized spacial score (nSPS) is 18.5. The fraction of sp³-hybridized carbons (Fsp3) is 0.800. The molecule has 1 aliphatic rings. The Morgan fingerprint density at radius 2 is 1.80 bits per heavy atom. The first-order valence-electron chi connectivity index (χ1n) is 5.15. The lowest BCUT2D eigenvalue weighted by Gasteiger charge is -2.33. The number of rotatable bonds is 3. The van der Waals surface area contributed by atoms with Gasteiger partial charge in [0.1, 0.15) is 0 Å². The maximum Gasteiger partial charge on any atom is 0.236 e. The van der Waals surface area contributed by atoms with Gasteiger partial charge in [0, 0.05) is 40.3 Å². The minimum absolute atomic E-state index is 0.142. The van der Waals surface area contributed by atoms with E-state index in [-0.39, 0.29) is 5.91 Å². The number of carbonyl (C=O) groups is 1. The first-order chi connectivity index (χ1) is 7.13. The van der Waals surface area contributed by atoms with Gasteiger partial charge in [-0.3, -0.25) is 14.6 Å². The fourth-order valence-electron chi connectivity index (χ4n) is 1.54. The average molecular weight is 210 g/mol. The topological polar surface area (TPSA) is 50.6 Å².